The van der Waals surface area contributed by atoms with Gasteiger partial charge in [-0.05, 0) is 48.0 Å². The van der Waals surface area contributed by atoms with E-state index in [4.69, 9.17) is 0 Å². The van der Waals surface area contributed by atoms with Gasteiger partial charge >= 0.3 is 0 Å². The maximum Gasteiger partial charge on any atom is 0.230 e. The number of hydrogen-bond donors (Lipinski definition) is 2. The van der Waals surface area contributed by atoms with Crippen LogP contribution in [0.1, 0.15) is 17.5 Å². The number of aromatic hydroxyl groups is 1. The minimum Gasteiger partial charge on any atom is -0.494 e. The summed E-state index contributed by atoms with van der Waals surface area (Å²) in [6, 6.07) is 6.33. The van der Waals surface area contributed by atoms with Crippen LogP contribution < -0.4 is 10.8 Å². The lowest BCUT2D eigenvalue weighted by molar-refractivity contribution is 0.458. The number of rotatable bonds is 2. The van der Waals surface area contributed by atoms with Gasteiger partial charge in [0.2, 0.25) is 11.8 Å². The van der Waals surface area contributed by atoms with E-state index in [2.05, 4.69) is 27.4 Å². The molecule has 1 aromatic heterocycles. The van der Waals surface area contributed by atoms with E-state index >= 15 is 0 Å². The number of benzene rings is 1. The Morgan fingerprint density at radius 2 is 2.06 bits per heavy atom. The molecule has 0 unspecified atom stereocenters. The third kappa shape index (κ3) is 2.03. The second kappa shape index (κ2) is 4.33. The van der Waals surface area contributed by atoms with E-state index in [-0.39, 0.29) is 5.88 Å². The zero-order valence-electron chi connectivity index (χ0n) is 10.3. The topological polar surface area (TPSA) is 58.0 Å². The molecule has 0 amide bonds. The normalized spacial score (nSPS) is 13.3. The van der Waals surface area contributed by atoms with Gasteiger partial charge in [-0.25, -0.2) is 4.98 Å². The van der Waals surface area contributed by atoms with E-state index < -0.39 is 0 Å². The molecular weight excluding hydrogens is 225 g/mol. The van der Waals surface area contributed by atoms with Gasteiger partial charge in [0.25, 0.3) is 0 Å². The zero-order valence-corrected chi connectivity index (χ0v) is 10.3. The van der Waals surface area contributed by atoms with Crippen molar-refractivity contribution in [3.8, 4) is 5.88 Å². The van der Waals surface area contributed by atoms with Gasteiger partial charge in [-0.3, -0.25) is 0 Å². The molecule has 1 aliphatic carbocycles. The second-order valence-electron chi connectivity index (χ2n) is 4.66. The Hall–Kier alpha value is -2.04. The summed E-state index contributed by atoms with van der Waals surface area (Å²) < 4.78 is 0. The van der Waals surface area contributed by atoms with Gasteiger partial charge in [0.05, 0.1) is 0 Å². The first-order valence-electron chi connectivity index (χ1n) is 6.14. The summed E-state index contributed by atoms with van der Waals surface area (Å²) in [6.07, 6.45) is 5.17. The van der Waals surface area contributed by atoms with E-state index in [1.165, 1.54) is 24.0 Å². The van der Waals surface area contributed by atoms with Crippen LogP contribution in [0.3, 0.4) is 0 Å². The molecule has 90 valence electrons. The van der Waals surface area contributed by atoms with Crippen molar-refractivity contribution in [3.63, 3.8) is 0 Å². The molecule has 1 aliphatic rings. The molecule has 0 bridgehead atoms. The minimum absolute atomic E-state index is 0.0219. The van der Waals surface area contributed by atoms with Gasteiger partial charge < -0.3 is 10.4 Å². The highest BCUT2D eigenvalue weighted by Crippen LogP contribution is 2.25. The van der Waals surface area contributed by atoms with Crippen molar-refractivity contribution < 1.29 is 5.11 Å². The maximum atomic E-state index is 9.54. The number of anilines is 2. The molecule has 0 fully saturated rings. The highest BCUT2D eigenvalue weighted by molar-refractivity contribution is 6.33. The van der Waals surface area contributed by atoms with Crippen LogP contribution in [-0.2, 0) is 12.8 Å². The summed E-state index contributed by atoms with van der Waals surface area (Å²) in [5.41, 5.74) is 4.48. The Bertz CT molecular complexity index is 601. The van der Waals surface area contributed by atoms with Crippen LogP contribution in [0.15, 0.2) is 24.4 Å². The van der Waals surface area contributed by atoms with Crippen molar-refractivity contribution in [2.24, 2.45) is 0 Å². The number of nitrogens with zero attached hydrogens (tertiary/aromatic N) is 2. The molecule has 5 heteroatoms. The van der Waals surface area contributed by atoms with Crippen LogP contribution in [0, 0.1) is 0 Å². The molecule has 0 radical (unpaired) electrons. The van der Waals surface area contributed by atoms with E-state index in [1.54, 1.807) is 14.0 Å². The summed E-state index contributed by atoms with van der Waals surface area (Å²) in [6.45, 7) is 0. The van der Waals surface area contributed by atoms with Crippen molar-refractivity contribution in [2.45, 2.75) is 19.3 Å². The number of nitrogens with one attached hydrogen (secondary N) is 1. The Morgan fingerprint density at radius 3 is 2.89 bits per heavy atom. The number of fused-ring (bicyclic) bond motifs is 1. The molecule has 2 aromatic rings. The van der Waals surface area contributed by atoms with Crippen molar-refractivity contribution in [3.05, 3.63) is 35.5 Å². The zero-order chi connectivity index (χ0) is 12.5. The van der Waals surface area contributed by atoms with Gasteiger partial charge in [-0.15, -0.1) is 0 Å². The molecule has 1 heterocycles. The molecular formula is C13H14BN3O. The van der Waals surface area contributed by atoms with Crippen LogP contribution in [0.25, 0.3) is 0 Å². The van der Waals surface area contributed by atoms with Gasteiger partial charge in [-0.2, -0.15) is 4.98 Å². The molecule has 0 atom stereocenters. The van der Waals surface area contributed by atoms with Gasteiger partial charge in [0, 0.05) is 11.9 Å². The maximum absolute atomic E-state index is 9.54. The van der Waals surface area contributed by atoms with E-state index in [0.717, 1.165) is 12.1 Å². The molecule has 1 aromatic carbocycles. The first-order valence-corrected chi connectivity index (χ1v) is 6.14. The molecule has 4 nitrogen and oxygen atoms in total. The molecule has 3 rings (SSSR count). The van der Waals surface area contributed by atoms with Crippen molar-refractivity contribution in [2.75, 3.05) is 5.32 Å². The minimum atomic E-state index is 0.0219. The summed E-state index contributed by atoms with van der Waals surface area (Å²) >= 11 is 0. The standard InChI is InChI=1S/C13H14BN3O/c14-11-7-15-13(17-12(11)18)16-10-5-4-8-2-1-3-9(8)6-10/h4-7H,1-3,14H2,(H2,15,16,17,18). The fourth-order valence-electron chi connectivity index (χ4n) is 2.27. The SMILES string of the molecule is Bc1cnc(Nc2ccc3c(c2)CCC3)nc1O. The largest absolute Gasteiger partial charge is 0.494 e. The lowest BCUT2D eigenvalue weighted by Gasteiger charge is -2.07. The first-order chi connectivity index (χ1) is 8.72. The van der Waals surface area contributed by atoms with Gasteiger partial charge in [0.1, 0.15) is 7.85 Å². The Morgan fingerprint density at radius 1 is 1.22 bits per heavy atom. The quantitative estimate of drug-likeness (QED) is 0.756. The van der Waals surface area contributed by atoms with Gasteiger partial charge in [-0.1, -0.05) is 6.07 Å². The monoisotopic (exact) mass is 239 g/mol. The summed E-state index contributed by atoms with van der Waals surface area (Å²) in [5.74, 6) is 0.449. The highest BCUT2D eigenvalue weighted by Gasteiger charge is 2.11. The lowest BCUT2D eigenvalue weighted by atomic mass is 10.0. The van der Waals surface area contributed by atoms with Crippen LogP contribution in [0.5, 0.6) is 5.88 Å². The van der Waals surface area contributed by atoms with E-state index in [1.807, 2.05) is 6.07 Å². The molecule has 0 saturated carbocycles. The van der Waals surface area contributed by atoms with E-state index in [0.29, 0.717) is 11.4 Å². The average molecular weight is 239 g/mol. The van der Waals surface area contributed by atoms with E-state index in [9.17, 15) is 5.11 Å². The molecule has 0 spiro atoms. The molecule has 2 N–H and O–H groups in total. The predicted octanol–water partition coefficient (Wildman–Crippen LogP) is 0.673. The third-order valence-electron chi connectivity index (χ3n) is 3.30. The first kappa shape index (κ1) is 11.1. The average Bonchev–Trinajstić information content (AvgIpc) is 2.81. The Labute approximate surface area is 107 Å². The molecule has 18 heavy (non-hydrogen) atoms. The van der Waals surface area contributed by atoms with Gasteiger partial charge in [0.15, 0.2) is 0 Å². The number of aryl methyl sites for hydroxylation is 2. The fourth-order valence-corrected chi connectivity index (χ4v) is 2.27. The Kier molecular flexibility index (Phi) is 2.66. The third-order valence-corrected chi connectivity index (χ3v) is 3.30. The second-order valence-corrected chi connectivity index (χ2v) is 4.66. The van der Waals surface area contributed by atoms with Crippen LogP contribution >= 0.6 is 0 Å². The van der Waals surface area contributed by atoms with Crippen molar-refractivity contribution >= 4 is 24.9 Å². The summed E-state index contributed by atoms with van der Waals surface area (Å²) in [4.78, 5) is 8.14. The smallest absolute Gasteiger partial charge is 0.230 e. The molecule has 0 aliphatic heterocycles. The summed E-state index contributed by atoms with van der Waals surface area (Å²) in [5, 5.41) is 12.7. The van der Waals surface area contributed by atoms with Crippen LogP contribution in [-0.4, -0.2) is 22.9 Å². The number of hydrogen-bond acceptors (Lipinski definition) is 4. The van der Waals surface area contributed by atoms with Crippen molar-refractivity contribution in [1.82, 2.24) is 9.97 Å². The fraction of sp³-hybridized carbons (Fsp3) is 0.231. The highest BCUT2D eigenvalue weighted by atomic mass is 16.3. The van der Waals surface area contributed by atoms with Crippen LogP contribution in [0.4, 0.5) is 11.6 Å². The number of aromatic nitrogens is 2. The molecule has 0 saturated heterocycles. The van der Waals surface area contributed by atoms with Crippen molar-refractivity contribution in [1.29, 1.82) is 0 Å². The Balaban J connectivity index is 1.85. The summed E-state index contributed by atoms with van der Waals surface area (Å²) in [7, 11) is 1.77. The van der Waals surface area contributed by atoms with Crippen LogP contribution in [0.2, 0.25) is 0 Å². The predicted molar refractivity (Wildman–Crippen MR) is 73.6 cm³/mol. The lowest BCUT2D eigenvalue weighted by Crippen LogP contribution is -2.08.